The summed E-state index contributed by atoms with van der Waals surface area (Å²) in [6.07, 6.45) is 7.12. The molecular weight excluding hydrogens is 124 g/mol. The van der Waals surface area contributed by atoms with Crippen molar-refractivity contribution in [2.24, 2.45) is 5.92 Å². The summed E-state index contributed by atoms with van der Waals surface area (Å²) in [6.45, 7) is 2.52. The van der Waals surface area contributed by atoms with Gasteiger partial charge in [-0.3, -0.25) is 0 Å². The van der Waals surface area contributed by atoms with Crippen molar-refractivity contribution in [3.63, 3.8) is 0 Å². The van der Waals surface area contributed by atoms with Crippen LogP contribution in [0.3, 0.4) is 0 Å². The van der Waals surface area contributed by atoms with Crippen molar-refractivity contribution in [1.82, 2.24) is 0 Å². The fourth-order valence-electron chi connectivity index (χ4n) is 1.53. The molecule has 0 aromatic rings. The van der Waals surface area contributed by atoms with E-state index < -0.39 is 0 Å². The van der Waals surface area contributed by atoms with Crippen LogP contribution < -0.4 is 0 Å². The van der Waals surface area contributed by atoms with Gasteiger partial charge < -0.3 is 5.11 Å². The van der Waals surface area contributed by atoms with Crippen LogP contribution >= 0.6 is 0 Å². The summed E-state index contributed by atoms with van der Waals surface area (Å²) in [4.78, 5) is 0. The van der Waals surface area contributed by atoms with Crippen LogP contribution in [-0.2, 0) is 0 Å². The molecule has 0 saturated heterocycles. The molecule has 0 bridgehead atoms. The molecule has 0 aromatic carbocycles. The summed E-state index contributed by atoms with van der Waals surface area (Å²) < 4.78 is 0. The smallest absolute Gasteiger partial charge is 0.0493 e. The zero-order valence-corrected chi connectivity index (χ0v) is 6.64. The van der Waals surface area contributed by atoms with E-state index in [-0.39, 0.29) is 0 Å². The van der Waals surface area contributed by atoms with E-state index in [9.17, 15) is 0 Å². The Kier molecular flexibility index (Phi) is 2.94. The maximum atomic E-state index is 8.86. The Morgan fingerprint density at radius 3 is 3.10 bits per heavy atom. The summed E-state index contributed by atoms with van der Waals surface area (Å²) in [7, 11) is 0. The van der Waals surface area contributed by atoms with Crippen molar-refractivity contribution in [1.29, 1.82) is 0 Å². The molecule has 1 atom stereocenters. The first-order valence-electron chi connectivity index (χ1n) is 4.17. The number of aliphatic hydroxyl groups excluding tert-OH is 1. The molecule has 10 heavy (non-hydrogen) atoms. The molecule has 0 amide bonds. The van der Waals surface area contributed by atoms with E-state index in [2.05, 4.69) is 13.0 Å². The van der Waals surface area contributed by atoms with E-state index in [4.69, 9.17) is 5.11 Å². The molecule has 0 fully saturated rings. The highest BCUT2D eigenvalue weighted by Gasteiger charge is 2.10. The van der Waals surface area contributed by atoms with E-state index in [1.54, 1.807) is 0 Å². The molecular formula is C9H16O. The van der Waals surface area contributed by atoms with Crippen LogP contribution in [0.4, 0.5) is 0 Å². The number of aliphatic hydroxyl groups is 1. The molecule has 0 saturated carbocycles. The van der Waals surface area contributed by atoms with Gasteiger partial charge in [0.25, 0.3) is 0 Å². The molecule has 1 N–H and O–H groups in total. The summed E-state index contributed by atoms with van der Waals surface area (Å²) in [5.41, 5.74) is 1.53. The average Bonchev–Trinajstić information content (AvgIpc) is 2.05. The third-order valence-corrected chi connectivity index (χ3v) is 2.23. The molecule has 0 radical (unpaired) electrons. The van der Waals surface area contributed by atoms with Gasteiger partial charge in [-0.25, -0.2) is 0 Å². The van der Waals surface area contributed by atoms with Gasteiger partial charge >= 0.3 is 0 Å². The minimum atomic E-state index is 0.337. The second kappa shape index (κ2) is 3.77. The third kappa shape index (κ3) is 1.84. The first-order valence-corrected chi connectivity index (χ1v) is 4.17. The van der Waals surface area contributed by atoms with Crippen LogP contribution in [0, 0.1) is 5.92 Å². The molecule has 1 nitrogen and oxygen atoms in total. The molecule has 1 aliphatic carbocycles. The third-order valence-electron chi connectivity index (χ3n) is 2.23. The van der Waals surface area contributed by atoms with Gasteiger partial charge in [-0.05, 0) is 25.7 Å². The van der Waals surface area contributed by atoms with Gasteiger partial charge in [-0.15, -0.1) is 0 Å². The monoisotopic (exact) mass is 140 g/mol. The van der Waals surface area contributed by atoms with E-state index in [1.165, 1.54) is 24.8 Å². The first kappa shape index (κ1) is 7.80. The van der Waals surface area contributed by atoms with Gasteiger partial charge in [0.15, 0.2) is 0 Å². The van der Waals surface area contributed by atoms with Crippen molar-refractivity contribution >= 4 is 0 Å². The molecule has 0 spiro atoms. The van der Waals surface area contributed by atoms with Gasteiger partial charge in [0.2, 0.25) is 0 Å². The van der Waals surface area contributed by atoms with Crippen LogP contribution in [0.25, 0.3) is 0 Å². The van der Waals surface area contributed by atoms with Crippen molar-refractivity contribution in [3.8, 4) is 0 Å². The molecule has 1 aliphatic rings. The van der Waals surface area contributed by atoms with E-state index in [0.29, 0.717) is 12.5 Å². The topological polar surface area (TPSA) is 20.2 Å². The SMILES string of the molecule is CCC1=CC(CO)CCC1. The number of hydrogen-bond donors (Lipinski definition) is 1. The lowest BCUT2D eigenvalue weighted by Crippen LogP contribution is -2.08. The van der Waals surface area contributed by atoms with Crippen molar-refractivity contribution in [2.45, 2.75) is 32.6 Å². The zero-order chi connectivity index (χ0) is 7.40. The Balaban J connectivity index is 2.48. The Morgan fingerprint density at radius 1 is 1.70 bits per heavy atom. The van der Waals surface area contributed by atoms with Crippen LogP contribution in [0.1, 0.15) is 32.6 Å². The molecule has 1 unspecified atom stereocenters. The van der Waals surface area contributed by atoms with Gasteiger partial charge in [0.05, 0.1) is 0 Å². The summed E-state index contributed by atoms with van der Waals surface area (Å²) in [6, 6.07) is 0. The standard InChI is InChI=1S/C9H16O/c1-2-8-4-3-5-9(6-8)7-10/h6,9-10H,2-5,7H2,1H3. The quantitative estimate of drug-likeness (QED) is 0.582. The Labute approximate surface area is 62.8 Å². The highest BCUT2D eigenvalue weighted by molar-refractivity contribution is 5.07. The molecule has 0 aliphatic heterocycles. The second-order valence-corrected chi connectivity index (χ2v) is 3.01. The average molecular weight is 140 g/mol. The number of hydrogen-bond acceptors (Lipinski definition) is 1. The fourth-order valence-corrected chi connectivity index (χ4v) is 1.53. The van der Waals surface area contributed by atoms with Crippen LogP contribution in [0.2, 0.25) is 0 Å². The van der Waals surface area contributed by atoms with Crippen LogP contribution in [-0.4, -0.2) is 11.7 Å². The molecule has 0 aromatic heterocycles. The Morgan fingerprint density at radius 2 is 2.50 bits per heavy atom. The normalized spacial score (nSPS) is 26.2. The Hall–Kier alpha value is -0.300. The maximum Gasteiger partial charge on any atom is 0.0493 e. The van der Waals surface area contributed by atoms with Crippen LogP contribution in [0.5, 0.6) is 0 Å². The van der Waals surface area contributed by atoms with Gasteiger partial charge in [-0.1, -0.05) is 18.6 Å². The molecule has 0 heterocycles. The lowest BCUT2D eigenvalue weighted by Gasteiger charge is -2.17. The minimum absolute atomic E-state index is 0.337. The summed E-state index contributed by atoms with van der Waals surface area (Å²) in [5, 5.41) is 8.86. The maximum absolute atomic E-state index is 8.86. The molecule has 1 rings (SSSR count). The zero-order valence-electron chi connectivity index (χ0n) is 6.64. The predicted octanol–water partition coefficient (Wildman–Crippen LogP) is 2.12. The van der Waals surface area contributed by atoms with E-state index in [0.717, 1.165) is 6.42 Å². The van der Waals surface area contributed by atoms with Gasteiger partial charge in [0.1, 0.15) is 0 Å². The number of rotatable bonds is 2. The highest BCUT2D eigenvalue weighted by Crippen LogP contribution is 2.23. The van der Waals surface area contributed by atoms with Crippen LogP contribution in [0.15, 0.2) is 11.6 Å². The lowest BCUT2D eigenvalue weighted by atomic mass is 9.90. The summed E-state index contributed by atoms with van der Waals surface area (Å²) in [5.74, 6) is 0.462. The first-order chi connectivity index (χ1) is 4.86. The number of allylic oxidation sites excluding steroid dienone is 1. The second-order valence-electron chi connectivity index (χ2n) is 3.01. The van der Waals surface area contributed by atoms with E-state index >= 15 is 0 Å². The van der Waals surface area contributed by atoms with Crippen molar-refractivity contribution in [3.05, 3.63) is 11.6 Å². The summed E-state index contributed by atoms with van der Waals surface area (Å²) >= 11 is 0. The van der Waals surface area contributed by atoms with Gasteiger partial charge in [-0.2, -0.15) is 0 Å². The molecule has 1 heteroatoms. The van der Waals surface area contributed by atoms with E-state index in [1.807, 2.05) is 0 Å². The molecule has 58 valence electrons. The Bertz CT molecular complexity index is 127. The van der Waals surface area contributed by atoms with Crippen molar-refractivity contribution < 1.29 is 5.11 Å². The predicted molar refractivity (Wildman–Crippen MR) is 42.8 cm³/mol. The van der Waals surface area contributed by atoms with Crippen molar-refractivity contribution in [2.75, 3.05) is 6.61 Å². The van der Waals surface area contributed by atoms with Gasteiger partial charge in [0, 0.05) is 12.5 Å². The fraction of sp³-hybridized carbons (Fsp3) is 0.778. The largest absolute Gasteiger partial charge is 0.396 e. The highest BCUT2D eigenvalue weighted by atomic mass is 16.3. The minimum Gasteiger partial charge on any atom is -0.396 e. The lowest BCUT2D eigenvalue weighted by molar-refractivity contribution is 0.239.